The average molecular weight is 249 g/mol. The van der Waals surface area contributed by atoms with E-state index in [-0.39, 0.29) is 0 Å². The van der Waals surface area contributed by atoms with E-state index in [9.17, 15) is 0 Å². The highest BCUT2D eigenvalue weighted by Gasteiger charge is 2.28. The van der Waals surface area contributed by atoms with Crippen molar-refractivity contribution in [3.63, 3.8) is 0 Å². The highest BCUT2D eigenvalue weighted by atomic mass is 16.3. The van der Waals surface area contributed by atoms with E-state index in [1.165, 1.54) is 25.7 Å². The zero-order chi connectivity index (χ0) is 13.0. The quantitative estimate of drug-likeness (QED) is 0.857. The van der Waals surface area contributed by atoms with Gasteiger partial charge < -0.3 is 9.73 Å². The summed E-state index contributed by atoms with van der Waals surface area (Å²) in [5.74, 6) is 3.72. The van der Waals surface area contributed by atoms with Crippen molar-refractivity contribution in [3.05, 3.63) is 24.2 Å². The lowest BCUT2D eigenvalue weighted by atomic mass is 9.74. The van der Waals surface area contributed by atoms with E-state index < -0.39 is 0 Å². The molecule has 1 N–H and O–H groups in total. The largest absolute Gasteiger partial charge is 0.469 e. The molecule has 1 fully saturated rings. The fourth-order valence-corrected chi connectivity index (χ4v) is 3.36. The van der Waals surface area contributed by atoms with Crippen molar-refractivity contribution in [1.82, 2.24) is 5.32 Å². The molecule has 1 unspecified atom stereocenters. The van der Waals surface area contributed by atoms with Gasteiger partial charge in [0.25, 0.3) is 0 Å². The van der Waals surface area contributed by atoms with Crippen molar-refractivity contribution in [1.29, 1.82) is 0 Å². The average Bonchev–Trinajstić information content (AvgIpc) is 2.89. The Hall–Kier alpha value is -0.760. The molecule has 18 heavy (non-hydrogen) atoms. The van der Waals surface area contributed by atoms with E-state index in [0.29, 0.717) is 6.04 Å². The molecule has 0 saturated heterocycles. The van der Waals surface area contributed by atoms with Gasteiger partial charge >= 0.3 is 0 Å². The Morgan fingerprint density at radius 2 is 1.89 bits per heavy atom. The standard InChI is InChI=1S/C16H27NO/c1-12(2)13-6-8-14(9-7-13)16(17-3)11-15-5-4-10-18-15/h4-5,10,12-14,16-17H,6-9,11H2,1-3H3. The number of nitrogens with one attached hydrogen (secondary N) is 1. The SMILES string of the molecule is CNC(Cc1ccco1)C1CCC(C(C)C)CC1. The highest BCUT2D eigenvalue weighted by molar-refractivity contribution is 5.01. The summed E-state index contributed by atoms with van der Waals surface area (Å²) < 4.78 is 5.48. The topological polar surface area (TPSA) is 25.2 Å². The fourth-order valence-electron chi connectivity index (χ4n) is 3.36. The molecule has 2 nitrogen and oxygen atoms in total. The van der Waals surface area contributed by atoms with Crippen LogP contribution >= 0.6 is 0 Å². The maximum absolute atomic E-state index is 5.48. The van der Waals surface area contributed by atoms with Crippen LogP contribution < -0.4 is 5.32 Å². The maximum atomic E-state index is 5.48. The molecular formula is C16H27NO. The lowest BCUT2D eigenvalue weighted by Gasteiger charge is -2.35. The van der Waals surface area contributed by atoms with Gasteiger partial charge in [0.1, 0.15) is 5.76 Å². The molecule has 1 aromatic rings. The molecule has 2 rings (SSSR count). The van der Waals surface area contributed by atoms with Gasteiger partial charge in [-0.2, -0.15) is 0 Å². The van der Waals surface area contributed by atoms with Crippen LogP contribution in [0.4, 0.5) is 0 Å². The summed E-state index contributed by atoms with van der Waals surface area (Å²) in [4.78, 5) is 0. The summed E-state index contributed by atoms with van der Waals surface area (Å²) in [5, 5.41) is 3.49. The third-order valence-electron chi connectivity index (χ3n) is 4.70. The van der Waals surface area contributed by atoms with Crippen LogP contribution in [0.25, 0.3) is 0 Å². The van der Waals surface area contributed by atoms with E-state index in [4.69, 9.17) is 4.42 Å². The first-order valence-corrected chi connectivity index (χ1v) is 7.40. The first-order valence-electron chi connectivity index (χ1n) is 7.40. The number of rotatable bonds is 5. The van der Waals surface area contributed by atoms with Gasteiger partial charge in [-0.3, -0.25) is 0 Å². The Kier molecular flexibility index (Phi) is 4.87. The van der Waals surface area contributed by atoms with Crippen molar-refractivity contribution in [2.24, 2.45) is 17.8 Å². The van der Waals surface area contributed by atoms with Gasteiger partial charge in [0.2, 0.25) is 0 Å². The summed E-state index contributed by atoms with van der Waals surface area (Å²) >= 11 is 0. The van der Waals surface area contributed by atoms with Gasteiger partial charge in [-0.15, -0.1) is 0 Å². The van der Waals surface area contributed by atoms with Gasteiger partial charge in [0.05, 0.1) is 6.26 Å². The third kappa shape index (κ3) is 3.38. The number of furan rings is 1. The molecule has 1 aliphatic rings. The Bertz CT molecular complexity index is 323. The molecule has 0 aliphatic heterocycles. The molecule has 1 atom stereocenters. The second-order valence-corrected chi connectivity index (χ2v) is 6.10. The second kappa shape index (κ2) is 6.42. The molecule has 102 valence electrons. The number of hydrogen-bond acceptors (Lipinski definition) is 2. The summed E-state index contributed by atoms with van der Waals surface area (Å²) in [6.45, 7) is 4.73. The number of hydrogen-bond donors (Lipinski definition) is 1. The third-order valence-corrected chi connectivity index (χ3v) is 4.70. The normalized spacial score (nSPS) is 26.4. The molecule has 1 aliphatic carbocycles. The van der Waals surface area contributed by atoms with Crippen LogP contribution in [0.2, 0.25) is 0 Å². The molecule has 0 amide bonds. The van der Waals surface area contributed by atoms with Crippen LogP contribution in [0.5, 0.6) is 0 Å². The van der Waals surface area contributed by atoms with Crippen LogP contribution in [-0.2, 0) is 6.42 Å². The van der Waals surface area contributed by atoms with Gasteiger partial charge in [-0.25, -0.2) is 0 Å². The molecule has 2 heteroatoms. The van der Waals surface area contributed by atoms with Crippen LogP contribution in [0.1, 0.15) is 45.3 Å². The van der Waals surface area contributed by atoms with Crippen molar-refractivity contribution in [2.75, 3.05) is 7.05 Å². The zero-order valence-corrected chi connectivity index (χ0v) is 12.0. The van der Waals surface area contributed by atoms with E-state index >= 15 is 0 Å². The maximum Gasteiger partial charge on any atom is 0.105 e. The lowest BCUT2D eigenvalue weighted by molar-refractivity contribution is 0.188. The second-order valence-electron chi connectivity index (χ2n) is 6.10. The fraction of sp³-hybridized carbons (Fsp3) is 0.750. The molecule has 0 radical (unpaired) electrons. The summed E-state index contributed by atoms with van der Waals surface area (Å²) in [6.07, 6.45) is 8.35. The Morgan fingerprint density at radius 3 is 2.39 bits per heavy atom. The predicted octanol–water partition coefficient (Wildman–Crippen LogP) is 3.87. The minimum absolute atomic E-state index is 0.573. The molecule has 0 spiro atoms. The van der Waals surface area contributed by atoms with Crippen LogP contribution in [0.15, 0.2) is 22.8 Å². The highest BCUT2D eigenvalue weighted by Crippen LogP contribution is 2.35. The van der Waals surface area contributed by atoms with Crippen LogP contribution in [0.3, 0.4) is 0 Å². The predicted molar refractivity (Wildman–Crippen MR) is 75.5 cm³/mol. The molecule has 0 bridgehead atoms. The van der Waals surface area contributed by atoms with E-state index in [0.717, 1.165) is 29.9 Å². The van der Waals surface area contributed by atoms with Crippen molar-refractivity contribution < 1.29 is 4.42 Å². The summed E-state index contributed by atoms with van der Waals surface area (Å²) in [6, 6.07) is 4.64. The minimum Gasteiger partial charge on any atom is -0.469 e. The van der Waals surface area contributed by atoms with Crippen LogP contribution in [-0.4, -0.2) is 13.1 Å². The smallest absolute Gasteiger partial charge is 0.105 e. The molecule has 1 saturated carbocycles. The Labute approximate surface area is 111 Å². The minimum atomic E-state index is 0.573. The Morgan fingerprint density at radius 1 is 1.22 bits per heavy atom. The van der Waals surface area contributed by atoms with Crippen molar-refractivity contribution >= 4 is 0 Å². The van der Waals surface area contributed by atoms with E-state index in [2.05, 4.69) is 32.3 Å². The summed E-state index contributed by atoms with van der Waals surface area (Å²) in [7, 11) is 2.09. The molecule has 1 aromatic heterocycles. The van der Waals surface area contributed by atoms with Gasteiger partial charge in [-0.05, 0) is 62.6 Å². The molecular weight excluding hydrogens is 222 g/mol. The van der Waals surface area contributed by atoms with Gasteiger partial charge in [-0.1, -0.05) is 13.8 Å². The van der Waals surface area contributed by atoms with Crippen molar-refractivity contribution in [3.8, 4) is 0 Å². The zero-order valence-electron chi connectivity index (χ0n) is 12.0. The Balaban J connectivity index is 1.86. The summed E-state index contributed by atoms with van der Waals surface area (Å²) in [5.41, 5.74) is 0. The first-order chi connectivity index (χ1) is 8.70. The molecule has 1 heterocycles. The van der Waals surface area contributed by atoms with E-state index in [1.807, 2.05) is 6.07 Å². The van der Waals surface area contributed by atoms with E-state index in [1.54, 1.807) is 6.26 Å². The molecule has 0 aromatic carbocycles. The van der Waals surface area contributed by atoms with Crippen LogP contribution in [0, 0.1) is 17.8 Å². The van der Waals surface area contributed by atoms with Crippen molar-refractivity contribution in [2.45, 2.75) is 52.0 Å². The monoisotopic (exact) mass is 249 g/mol. The first kappa shape index (κ1) is 13.7. The van der Waals surface area contributed by atoms with Gasteiger partial charge in [0.15, 0.2) is 0 Å². The number of likely N-dealkylation sites (N-methyl/N-ethyl adjacent to an activating group) is 1. The van der Waals surface area contributed by atoms with Gasteiger partial charge in [0, 0.05) is 12.5 Å². The lowest BCUT2D eigenvalue weighted by Crippen LogP contribution is -2.38.